The van der Waals surface area contributed by atoms with Crippen LogP contribution in [-0.4, -0.2) is 29.7 Å². The van der Waals surface area contributed by atoms with Crippen LogP contribution in [0.25, 0.3) is 22.4 Å². The Hall–Kier alpha value is -2.93. The number of benzene rings is 1. The molecular weight excluding hydrogens is 352 g/mol. The Bertz CT molecular complexity index is 1050. The Morgan fingerprint density at radius 1 is 1.35 bits per heavy atom. The molecule has 0 bridgehead atoms. The van der Waals surface area contributed by atoms with Crippen molar-refractivity contribution in [2.24, 2.45) is 0 Å². The maximum Gasteiger partial charge on any atom is 0.348 e. The summed E-state index contributed by atoms with van der Waals surface area (Å²) in [5.41, 5.74) is 1.24. The molecule has 0 aliphatic rings. The van der Waals surface area contributed by atoms with Crippen LogP contribution in [0.1, 0.15) is 33.5 Å². The van der Waals surface area contributed by atoms with Gasteiger partial charge in [0.15, 0.2) is 0 Å². The summed E-state index contributed by atoms with van der Waals surface area (Å²) < 4.78 is 10.2. The molecule has 3 aromatic rings. The average Bonchev–Trinajstić information content (AvgIpc) is 2.97. The first-order valence-electron chi connectivity index (χ1n) is 8.06. The summed E-state index contributed by atoms with van der Waals surface area (Å²) >= 11 is 1.17. The van der Waals surface area contributed by atoms with Crippen molar-refractivity contribution >= 4 is 39.7 Å². The van der Waals surface area contributed by atoms with E-state index >= 15 is 0 Å². The number of fused-ring (bicyclic) bond motifs is 1. The predicted molar refractivity (Wildman–Crippen MR) is 103 cm³/mol. The molecule has 0 radical (unpaired) electrons. The van der Waals surface area contributed by atoms with Crippen molar-refractivity contribution in [2.75, 3.05) is 13.7 Å². The third-order valence-corrected chi connectivity index (χ3v) is 4.97. The second-order valence-electron chi connectivity index (χ2n) is 5.52. The number of aromatic nitrogens is 2. The largest absolute Gasteiger partial charge is 0.497 e. The van der Waals surface area contributed by atoms with Gasteiger partial charge < -0.3 is 14.5 Å². The highest BCUT2D eigenvalue weighted by molar-refractivity contribution is 7.20. The fraction of sp³-hybridized carbons (Fsp3) is 0.211. The third-order valence-electron chi connectivity index (χ3n) is 3.81. The zero-order valence-electron chi connectivity index (χ0n) is 14.7. The number of carbonyl (C=O) groups excluding carboxylic acids is 1. The van der Waals surface area contributed by atoms with Gasteiger partial charge in [-0.1, -0.05) is 18.2 Å². The standard InChI is InChI=1S/C19H18N2O4S/c1-4-25-19(23)16-11(2)15-17(22)20-14(21-18(15)26-16)9-8-12-6-5-7-13(10-12)24-3/h5-10H,4H2,1-3H3,(H,20,21,22)/b9-8-. The molecule has 0 saturated carbocycles. The average molecular weight is 370 g/mol. The lowest BCUT2D eigenvalue weighted by Crippen LogP contribution is -2.10. The molecule has 0 saturated heterocycles. The van der Waals surface area contributed by atoms with Crippen LogP contribution in [0.5, 0.6) is 5.75 Å². The molecule has 2 aromatic heterocycles. The molecule has 0 unspecified atom stereocenters. The van der Waals surface area contributed by atoms with Crippen LogP contribution in [0.3, 0.4) is 0 Å². The van der Waals surface area contributed by atoms with Crippen molar-refractivity contribution < 1.29 is 14.3 Å². The second kappa shape index (κ2) is 7.53. The van der Waals surface area contributed by atoms with Crippen molar-refractivity contribution in [2.45, 2.75) is 13.8 Å². The minimum Gasteiger partial charge on any atom is -0.497 e. The molecule has 26 heavy (non-hydrogen) atoms. The van der Waals surface area contributed by atoms with Gasteiger partial charge in [-0.2, -0.15) is 0 Å². The van der Waals surface area contributed by atoms with Crippen LogP contribution < -0.4 is 10.3 Å². The molecule has 6 nitrogen and oxygen atoms in total. The number of carbonyl (C=O) groups is 1. The SMILES string of the molecule is CCOC(=O)c1sc2nc(/C=C\c3cccc(OC)c3)[nH]c(=O)c2c1C. The smallest absolute Gasteiger partial charge is 0.348 e. The van der Waals surface area contributed by atoms with Crippen LogP contribution in [0, 0.1) is 6.92 Å². The minimum absolute atomic E-state index is 0.274. The van der Waals surface area contributed by atoms with Gasteiger partial charge in [0.1, 0.15) is 21.3 Å². The van der Waals surface area contributed by atoms with Crippen LogP contribution in [-0.2, 0) is 4.74 Å². The van der Waals surface area contributed by atoms with E-state index in [1.165, 1.54) is 11.3 Å². The highest BCUT2D eigenvalue weighted by atomic mass is 32.1. The van der Waals surface area contributed by atoms with Crippen molar-refractivity contribution in [3.8, 4) is 5.75 Å². The third kappa shape index (κ3) is 3.52. The Kier molecular flexibility index (Phi) is 5.18. The molecule has 1 N–H and O–H groups in total. The van der Waals surface area contributed by atoms with E-state index in [0.717, 1.165) is 11.3 Å². The van der Waals surface area contributed by atoms with Gasteiger partial charge in [0.05, 0.1) is 19.1 Å². The van der Waals surface area contributed by atoms with Gasteiger partial charge in [-0.05, 0) is 43.2 Å². The normalized spacial score (nSPS) is 11.2. The molecule has 0 atom stereocenters. The van der Waals surface area contributed by atoms with Crippen molar-refractivity contribution in [1.82, 2.24) is 9.97 Å². The number of nitrogens with zero attached hydrogens (tertiary/aromatic N) is 1. The Labute approximate surface area is 154 Å². The zero-order chi connectivity index (χ0) is 18.7. The van der Waals surface area contributed by atoms with Crippen LogP contribution >= 0.6 is 11.3 Å². The summed E-state index contributed by atoms with van der Waals surface area (Å²) in [5.74, 6) is 0.736. The molecule has 3 rings (SSSR count). The van der Waals surface area contributed by atoms with E-state index in [4.69, 9.17) is 9.47 Å². The van der Waals surface area contributed by atoms with E-state index in [0.29, 0.717) is 26.5 Å². The van der Waals surface area contributed by atoms with Crippen molar-refractivity contribution in [1.29, 1.82) is 0 Å². The number of hydrogen-bond acceptors (Lipinski definition) is 6. The molecule has 134 valence electrons. The number of aromatic amines is 1. The second-order valence-corrected chi connectivity index (χ2v) is 6.52. The topological polar surface area (TPSA) is 81.3 Å². The number of thiophene rings is 1. The number of ether oxygens (including phenoxy) is 2. The van der Waals surface area contributed by atoms with E-state index < -0.39 is 5.97 Å². The fourth-order valence-corrected chi connectivity index (χ4v) is 3.63. The predicted octanol–water partition coefficient (Wildman–Crippen LogP) is 3.65. The first-order valence-corrected chi connectivity index (χ1v) is 8.87. The molecule has 0 aliphatic heterocycles. The lowest BCUT2D eigenvalue weighted by molar-refractivity contribution is 0.0531. The van der Waals surface area contributed by atoms with Crippen molar-refractivity contribution in [3.05, 3.63) is 56.4 Å². The number of methoxy groups -OCH3 is 1. The lowest BCUT2D eigenvalue weighted by Gasteiger charge is -2.00. The number of rotatable bonds is 5. The molecule has 0 amide bonds. The van der Waals surface area contributed by atoms with Crippen LogP contribution in [0.4, 0.5) is 0 Å². The Morgan fingerprint density at radius 2 is 2.15 bits per heavy atom. The molecule has 7 heteroatoms. The van der Waals surface area contributed by atoms with E-state index in [2.05, 4.69) is 9.97 Å². The summed E-state index contributed by atoms with van der Waals surface area (Å²) in [6.07, 6.45) is 3.55. The van der Waals surface area contributed by atoms with Crippen molar-refractivity contribution in [3.63, 3.8) is 0 Å². The number of hydrogen-bond donors (Lipinski definition) is 1. The van der Waals surface area contributed by atoms with Gasteiger partial charge in [0.2, 0.25) is 0 Å². The van der Waals surface area contributed by atoms with Crippen LogP contribution in [0.2, 0.25) is 0 Å². The Morgan fingerprint density at radius 3 is 2.88 bits per heavy atom. The first-order chi connectivity index (χ1) is 12.5. The van der Waals surface area contributed by atoms with E-state index in [1.54, 1.807) is 27.0 Å². The van der Waals surface area contributed by atoms with E-state index in [-0.39, 0.29) is 12.2 Å². The summed E-state index contributed by atoms with van der Waals surface area (Å²) in [5, 5.41) is 0.427. The first kappa shape index (κ1) is 17.9. The monoisotopic (exact) mass is 370 g/mol. The summed E-state index contributed by atoms with van der Waals surface area (Å²) in [6.45, 7) is 3.76. The number of aryl methyl sites for hydroxylation is 1. The molecule has 2 heterocycles. The molecule has 0 spiro atoms. The lowest BCUT2D eigenvalue weighted by atomic mass is 10.2. The summed E-state index contributed by atoms with van der Waals surface area (Å²) in [6, 6.07) is 7.53. The zero-order valence-corrected chi connectivity index (χ0v) is 15.5. The highest BCUT2D eigenvalue weighted by Gasteiger charge is 2.19. The molecule has 0 aliphatic carbocycles. The number of esters is 1. The minimum atomic E-state index is -0.430. The Balaban J connectivity index is 1.99. The molecular formula is C19H18N2O4S. The van der Waals surface area contributed by atoms with Crippen LogP contribution in [0.15, 0.2) is 29.1 Å². The molecule has 1 aromatic carbocycles. The maximum atomic E-state index is 12.4. The quantitative estimate of drug-likeness (QED) is 0.693. The number of H-pyrrole nitrogens is 1. The van der Waals surface area contributed by atoms with E-state index in [1.807, 2.05) is 30.3 Å². The summed E-state index contributed by atoms with van der Waals surface area (Å²) in [4.78, 5) is 32.6. The van der Waals surface area contributed by atoms with Gasteiger partial charge >= 0.3 is 5.97 Å². The highest BCUT2D eigenvalue weighted by Crippen LogP contribution is 2.27. The fourth-order valence-electron chi connectivity index (χ4n) is 2.55. The van der Waals surface area contributed by atoms with Gasteiger partial charge in [-0.15, -0.1) is 11.3 Å². The van der Waals surface area contributed by atoms with E-state index in [9.17, 15) is 9.59 Å². The van der Waals surface area contributed by atoms with Gasteiger partial charge in [-0.25, -0.2) is 9.78 Å². The number of nitrogens with one attached hydrogen (secondary N) is 1. The van der Waals surface area contributed by atoms with Gasteiger partial charge in [-0.3, -0.25) is 4.79 Å². The van der Waals surface area contributed by atoms with Gasteiger partial charge in [0, 0.05) is 0 Å². The van der Waals surface area contributed by atoms with Gasteiger partial charge in [0.25, 0.3) is 5.56 Å². The maximum absolute atomic E-state index is 12.4. The summed E-state index contributed by atoms with van der Waals surface area (Å²) in [7, 11) is 1.61. The molecule has 0 fully saturated rings.